The van der Waals surface area contributed by atoms with Crippen LogP contribution < -0.4 is 11.1 Å². The average Bonchev–Trinajstić information content (AvgIpc) is 3.01. The van der Waals surface area contributed by atoms with Crippen molar-refractivity contribution in [2.75, 3.05) is 12.3 Å². The molecular formula is C17H14N6O. The summed E-state index contributed by atoms with van der Waals surface area (Å²) in [6.07, 6.45) is 4.48. The number of nitrogens with one attached hydrogen (secondary N) is 1. The van der Waals surface area contributed by atoms with Gasteiger partial charge in [0.15, 0.2) is 0 Å². The Labute approximate surface area is 138 Å². The number of amides is 1. The monoisotopic (exact) mass is 318 g/mol. The second kappa shape index (κ2) is 6.62. The molecule has 0 aliphatic heterocycles. The number of nitrogens with two attached hydrogens (primary N) is 1. The number of rotatable bonds is 3. The van der Waals surface area contributed by atoms with E-state index >= 15 is 0 Å². The third-order valence-corrected chi connectivity index (χ3v) is 3.22. The molecule has 3 aromatic rings. The van der Waals surface area contributed by atoms with Crippen molar-refractivity contribution < 1.29 is 4.79 Å². The summed E-state index contributed by atoms with van der Waals surface area (Å²) in [6, 6.07) is 7.41. The van der Waals surface area contributed by atoms with E-state index in [1.165, 1.54) is 6.08 Å². The van der Waals surface area contributed by atoms with Gasteiger partial charge in [-0.05, 0) is 30.3 Å². The van der Waals surface area contributed by atoms with Gasteiger partial charge in [0.2, 0.25) is 11.9 Å². The number of nitrogens with zero attached hydrogens (tertiary/aromatic N) is 4. The molecule has 0 saturated heterocycles. The standard InChI is InChI=1S/C17H14N6O/c1-2-16(24)19-8-3-4-12-5-6-13-14(10-12)23(11-21-13)15-7-9-20-17(18)22-15/h2,5-7,9-11H,1,8H2,(H,19,24)(H2,18,20,22). The van der Waals surface area contributed by atoms with E-state index in [9.17, 15) is 4.79 Å². The number of carbonyl (C=O) groups excluding carboxylic acids is 1. The van der Waals surface area contributed by atoms with Crippen molar-refractivity contribution in [2.24, 2.45) is 0 Å². The lowest BCUT2D eigenvalue weighted by molar-refractivity contribution is -0.116. The van der Waals surface area contributed by atoms with Crippen LogP contribution in [0.3, 0.4) is 0 Å². The Morgan fingerprint density at radius 1 is 1.38 bits per heavy atom. The zero-order chi connectivity index (χ0) is 16.9. The first-order valence-corrected chi connectivity index (χ1v) is 7.12. The van der Waals surface area contributed by atoms with Crippen LogP contribution in [0.5, 0.6) is 0 Å². The molecule has 7 heteroatoms. The van der Waals surface area contributed by atoms with Crippen LogP contribution >= 0.6 is 0 Å². The predicted molar refractivity (Wildman–Crippen MR) is 91.2 cm³/mol. The minimum Gasteiger partial charge on any atom is -0.368 e. The zero-order valence-electron chi connectivity index (χ0n) is 12.7. The molecule has 3 rings (SSSR count). The van der Waals surface area contributed by atoms with E-state index in [4.69, 9.17) is 5.73 Å². The topological polar surface area (TPSA) is 98.7 Å². The number of nitrogen functional groups attached to an aromatic ring is 1. The van der Waals surface area contributed by atoms with Gasteiger partial charge in [-0.2, -0.15) is 4.98 Å². The van der Waals surface area contributed by atoms with Crippen LogP contribution in [0.1, 0.15) is 5.56 Å². The molecule has 1 aromatic carbocycles. The Morgan fingerprint density at radius 3 is 3.04 bits per heavy atom. The number of hydrogen-bond donors (Lipinski definition) is 2. The van der Waals surface area contributed by atoms with Gasteiger partial charge >= 0.3 is 0 Å². The smallest absolute Gasteiger partial charge is 0.244 e. The van der Waals surface area contributed by atoms with Crippen LogP contribution in [-0.2, 0) is 4.79 Å². The maximum Gasteiger partial charge on any atom is 0.244 e. The third-order valence-electron chi connectivity index (χ3n) is 3.22. The minimum absolute atomic E-state index is 0.197. The lowest BCUT2D eigenvalue weighted by Gasteiger charge is -2.03. The molecule has 24 heavy (non-hydrogen) atoms. The Bertz CT molecular complexity index is 979. The Hall–Kier alpha value is -3.66. The summed E-state index contributed by atoms with van der Waals surface area (Å²) in [4.78, 5) is 23.5. The number of fused-ring (bicyclic) bond motifs is 1. The Balaban J connectivity index is 1.90. The van der Waals surface area contributed by atoms with Crippen molar-refractivity contribution in [2.45, 2.75) is 0 Å². The highest BCUT2D eigenvalue weighted by Crippen LogP contribution is 2.18. The summed E-state index contributed by atoms with van der Waals surface area (Å²) in [5.41, 5.74) is 8.11. The maximum absolute atomic E-state index is 11.1. The van der Waals surface area contributed by atoms with Crippen molar-refractivity contribution in [1.29, 1.82) is 0 Å². The van der Waals surface area contributed by atoms with Crippen LogP contribution in [-0.4, -0.2) is 32.0 Å². The molecule has 1 amide bonds. The Kier molecular flexibility index (Phi) is 4.21. The first kappa shape index (κ1) is 15.2. The van der Waals surface area contributed by atoms with Crippen LogP contribution in [0.25, 0.3) is 16.9 Å². The fourth-order valence-electron chi connectivity index (χ4n) is 2.12. The summed E-state index contributed by atoms with van der Waals surface area (Å²) in [6.45, 7) is 3.64. The van der Waals surface area contributed by atoms with Crippen molar-refractivity contribution in [3.8, 4) is 17.7 Å². The van der Waals surface area contributed by atoms with E-state index in [0.717, 1.165) is 16.6 Å². The van der Waals surface area contributed by atoms with Crippen molar-refractivity contribution in [3.05, 3.63) is 55.0 Å². The molecule has 0 bridgehead atoms. The molecule has 0 radical (unpaired) electrons. The summed E-state index contributed by atoms with van der Waals surface area (Å²) in [7, 11) is 0. The Morgan fingerprint density at radius 2 is 2.25 bits per heavy atom. The van der Waals surface area contributed by atoms with Gasteiger partial charge in [0.05, 0.1) is 17.6 Å². The molecule has 0 fully saturated rings. The summed E-state index contributed by atoms with van der Waals surface area (Å²) in [5, 5.41) is 2.60. The van der Waals surface area contributed by atoms with E-state index in [1.54, 1.807) is 18.6 Å². The van der Waals surface area contributed by atoms with Gasteiger partial charge in [0, 0.05) is 11.8 Å². The maximum atomic E-state index is 11.1. The van der Waals surface area contributed by atoms with Gasteiger partial charge in [-0.25, -0.2) is 9.97 Å². The molecule has 2 heterocycles. The summed E-state index contributed by atoms with van der Waals surface area (Å²) < 4.78 is 1.82. The molecule has 7 nitrogen and oxygen atoms in total. The van der Waals surface area contributed by atoms with Crippen molar-refractivity contribution in [3.63, 3.8) is 0 Å². The molecular weight excluding hydrogens is 304 g/mol. The number of carbonyl (C=O) groups is 1. The van der Waals surface area contributed by atoms with Crippen molar-refractivity contribution >= 4 is 22.9 Å². The molecule has 0 spiro atoms. The van der Waals surface area contributed by atoms with E-state index in [0.29, 0.717) is 5.82 Å². The minimum atomic E-state index is -0.251. The van der Waals surface area contributed by atoms with Crippen LogP contribution in [0, 0.1) is 11.8 Å². The fraction of sp³-hybridized carbons (Fsp3) is 0.0588. The molecule has 3 N–H and O–H groups in total. The molecule has 0 unspecified atom stereocenters. The van der Waals surface area contributed by atoms with Gasteiger partial charge in [0.25, 0.3) is 0 Å². The SMILES string of the molecule is C=CC(=O)NCC#Cc1ccc2ncn(-c3ccnc(N)n3)c2c1. The van der Waals surface area contributed by atoms with Crippen molar-refractivity contribution in [1.82, 2.24) is 24.8 Å². The normalized spacial score (nSPS) is 10.0. The first-order chi connectivity index (χ1) is 11.7. The molecule has 0 saturated carbocycles. The molecule has 2 aromatic heterocycles. The number of hydrogen-bond acceptors (Lipinski definition) is 5. The van der Waals surface area contributed by atoms with Gasteiger partial charge in [-0.15, -0.1) is 0 Å². The molecule has 0 aliphatic rings. The van der Waals surface area contributed by atoms with Gasteiger partial charge in [0.1, 0.15) is 12.1 Å². The summed E-state index contributed by atoms with van der Waals surface area (Å²) in [5.74, 6) is 6.47. The van der Waals surface area contributed by atoms with Crippen LogP contribution in [0.2, 0.25) is 0 Å². The highest BCUT2D eigenvalue weighted by Gasteiger charge is 2.06. The predicted octanol–water partition coefficient (Wildman–Crippen LogP) is 1.05. The van der Waals surface area contributed by atoms with Gasteiger partial charge < -0.3 is 11.1 Å². The quantitative estimate of drug-likeness (QED) is 0.555. The first-order valence-electron chi connectivity index (χ1n) is 7.12. The lowest BCUT2D eigenvalue weighted by atomic mass is 10.2. The molecule has 118 valence electrons. The summed E-state index contributed by atoms with van der Waals surface area (Å²) >= 11 is 0. The number of aromatic nitrogens is 4. The van der Waals surface area contributed by atoms with E-state index in [-0.39, 0.29) is 18.4 Å². The largest absolute Gasteiger partial charge is 0.368 e. The highest BCUT2D eigenvalue weighted by molar-refractivity contribution is 5.87. The molecule has 0 aliphatic carbocycles. The number of benzene rings is 1. The van der Waals surface area contributed by atoms with Gasteiger partial charge in [-0.3, -0.25) is 9.36 Å². The highest BCUT2D eigenvalue weighted by atomic mass is 16.1. The second-order valence-electron chi connectivity index (χ2n) is 4.81. The van der Waals surface area contributed by atoms with E-state index in [2.05, 4.69) is 38.7 Å². The van der Waals surface area contributed by atoms with Gasteiger partial charge in [-0.1, -0.05) is 18.4 Å². The fourth-order valence-corrected chi connectivity index (χ4v) is 2.12. The van der Waals surface area contributed by atoms with E-state index < -0.39 is 0 Å². The number of imidazole rings is 1. The molecule has 0 atom stereocenters. The van der Waals surface area contributed by atoms with Crippen LogP contribution in [0.4, 0.5) is 5.95 Å². The average molecular weight is 318 g/mol. The number of anilines is 1. The third kappa shape index (κ3) is 3.23. The zero-order valence-corrected chi connectivity index (χ0v) is 12.7. The second-order valence-corrected chi connectivity index (χ2v) is 4.81. The van der Waals surface area contributed by atoms with Crippen LogP contribution in [0.15, 0.2) is 49.4 Å². The lowest BCUT2D eigenvalue weighted by Crippen LogP contribution is -2.20. The van der Waals surface area contributed by atoms with E-state index in [1.807, 2.05) is 22.8 Å².